The Labute approximate surface area is 115 Å². The van der Waals surface area contributed by atoms with E-state index in [1.807, 2.05) is 30.0 Å². The molecule has 2 rings (SSSR count). The second-order valence-electron chi connectivity index (χ2n) is 5.09. The molecule has 1 fully saturated rings. The molecule has 4 nitrogen and oxygen atoms in total. The first-order valence-corrected chi connectivity index (χ1v) is 7.20. The molecule has 0 aromatic carbocycles. The number of carbonyl (C=O) groups excluding carboxylic acids is 1. The van der Waals surface area contributed by atoms with E-state index in [-0.39, 0.29) is 5.91 Å². The molecule has 0 unspecified atom stereocenters. The van der Waals surface area contributed by atoms with Crippen LogP contribution in [0.2, 0.25) is 0 Å². The zero-order chi connectivity index (χ0) is 13.5. The zero-order valence-corrected chi connectivity index (χ0v) is 11.6. The first-order valence-electron chi connectivity index (χ1n) is 7.20. The van der Waals surface area contributed by atoms with E-state index in [4.69, 9.17) is 0 Å². The molecule has 0 aliphatic heterocycles. The van der Waals surface area contributed by atoms with Crippen LogP contribution in [0.25, 0.3) is 0 Å². The summed E-state index contributed by atoms with van der Waals surface area (Å²) in [5, 5.41) is 3.37. The summed E-state index contributed by atoms with van der Waals surface area (Å²) in [7, 11) is 0. The molecule has 1 aliphatic carbocycles. The summed E-state index contributed by atoms with van der Waals surface area (Å²) in [5.74, 6) is 0.167. The minimum absolute atomic E-state index is 0.167. The molecule has 19 heavy (non-hydrogen) atoms. The van der Waals surface area contributed by atoms with Gasteiger partial charge in [0.15, 0.2) is 0 Å². The Morgan fingerprint density at radius 3 is 2.84 bits per heavy atom. The lowest BCUT2D eigenvalue weighted by molar-refractivity contribution is -0.130. The lowest BCUT2D eigenvalue weighted by Gasteiger charge is -2.22. The van der Waals surface area contributed by atoms with Gasteiger partial charge in [-0.15, -0.1) is 0 Å². The number of amides is 1. The SMILES string of the molecule is CCN(Cc1ccccn1)C(=O)CNC1CCCC1. The Morgan fingerprint density at radius 1 is 1.42 bits per heavy atom. The summed E-state index contributed by atoms with van der Waals surface area (Å²) in [6, 6.07) is 6.35. The monoisotopic (exact) mass is 261 g/mol. The predicted molar refractivity (Wildman–Crippen MR) is 75.6 cm³/mol. The molecule has 1 aliphatic rings. The van der Waals surface area contributed by atoms with Crippen molar-refractivity contribution in [3.63, 3.8) is 0 Å². The van der Waals surface area contributed by atoms with Crippen LogP contribution in [0.15, 0.2) is 24.4 Å². The van der Waals surface area contributed by atoms with Gasteiger partial charge in [-0.25, -0.2) is 0 Å². The minimum Gasteiger partial charge on any atom is -0.336 e. The maximum atomic E-state index is 12.2. The van der Waals surface area contributed by atoms with Crippen LogP contribution in [0.5, 0.6) is 0 Å². The smallest absolute Gasteiger partial charge is 0.236 e. The number of pyridine rings is 1. The Kier molecular flexibility index (Phi) is 5.33. The molecule has 1 heterocycles. The summed E-state index contributed by atoms with van der Waals surface area (Å²) in [6.45, 7) is 3.78. The molecule has 1 aromatic rings. The largest absolute Gasteiger partial charge is 0.336 e. The van der Waals surface area contributed by atoms with Crippen LogP contribution in [0.1, 0.15) is 38.3 Å². The van der Waals surface area contributed by atoms with E-state index < -0.39 is 0 Å². The molecule has 1 N–H and O–H groups in total. The number of hydrogen-bond donors (Lipinski definition) is 1. The van der Waals surface area contributed by atoms with Crippen molar-refractivity contribution in [2.75, 3.05) is 13.1 Å². The lowest BCUT2D eigenvalue weighted by atomic mass is 10.2. The Hall–Kier alpha value is -1.42. The maximum Gasteiger partial charge on any atom is 0.236 e. The average Bonchev–Trinajstić information content (AvgIpc) is 2.96. The van der Waals surface area contributed by atoms with Crippen molar-refractivity contribution in [2.24, 2.45) is 0 Å². The van der Waals surface area contributed by atoms with Gasteiger partial charge >= 0.3 is 0 Å². The molecule has 1 aromatic heterocycles. The van der Waals surface area contributed by atoms with Crippen molar-refractivity contribution in [3.05, 3.63) is 30.1 Å². The van der Waals surface area contributed by atoms with Gasteiger partial charge in [0.2, 0.25) is 5.91 Å². The lowest BCUT2D eigenvalue weighted by Crippen LogP contribution is -2.40. The molecule has 0 spiro atoms. The topological polar surface area (TPSA) is 45.2 Å². The fourth-order valence-corrected chi connectivity index (χ4v) is 2.54. The fourth-order valence-electron chi connectivity index (χ4n) is 2.54. The molecular formula is C15H23N3O. The van der Waals surface area contributed by atoms with Crippen LogP contribution in [-0.2, 0) is 11.3 Å². The maximum absolute atomic E-state index is 12.2. The Bertz CT molecular complexity index is 388. The molecule has 0 saturated heterocycles. The van der Waals surface area contributed by atoms with E-state index in [1.54, 1.807) is 6.20 Å². The third-order valence-electron chi connectivity index (χ3n) is 3.71. The summed E-state index contributed by atoms with van der Waals surface area (Å²) >= 11 is 0. The molecule has 4 heteroatoms. The number of carbonyl (C=O) groups is 1. The van der Waals surface area contributed by atoms with E-state index in [2.05, 4.69) is 10.3 Å². The van der Waals surface area contributed by atoms with Crippen LogP contribution < -0.4 is 5.32 Å². The zero-order valence-electron chi connectivity index (χ0n) is 11.6. The molecule has 104 valence electrons. The normalized spacial score (nSPS) is 15.6. The molecular weight excluding hydrogens is 238 g/mol. The molecule has 1 saturated carbocycles. The number of nitrogens with one attached hydrogen (secondary N) is 1. The van der Waals surface area contributed by atoms with Gasteiger partial charge in [0.05, 0.1) is 18.8 Å². The van der Waals surface area contributed by atoms with Crippen molar-refractivity contribution in [2.45, 2.75) is 45.2 Å². The standard InChI is InChI=1S/C15H23N3O/c1-2-18(12-14-9-5-6-10-16-14)15(19)11-17-13-7-3-4-8-13/h5-6,9-10,13,17H,2-4,7-8,11-12H2,1H3. The Morgan fingerprint density at radius 2 is 2.21 bits per heavy atom. The van der Waals surface area contributed by atoms with Gasteiger partial charge in [-0.05, 0) is 31.9 Å². The third kappa shape index (κ3) is 4.31. The quantitative estimate of drug-likeness (QED) is 0.851. The third-order valence-corrected chi connectivity index (χ3v) is 3.71. The van der Waals surface area contributed by atoms with E-state index >= 15 is 0 Å². The van der Waals surface area contributed by atoms with Crippen LogP contribution in [0.4, 0.5) is 0 Å². The summed E-state index contributed by atoms with van der Waals surface area (Å²) < 4.78 is 0. The fraction of sp³-hybridized carbons (Fsp3) is 0.600. The van der Waals surface area contributed by atoms with Gasteiger partial charge < -0.3 is 10.2 Å². The number of aromatic nitrogens is 1. The first-order chi connectivity index (χ1) is 9.29. The highest BCUT2D eigenvalue weighted by Gasteiger charge is 2.17. The van der Waals surface area contributed by atoms with Crippen LogP contribution >= 0.6 is 0 Å². The first kappa shape index (κ1) is 14.0. The van der Waals surface area contributed by atoms with Crippen LogP contribution in [-0.4, -0.2) is 34.9 Å². The van der Waals surface area contributed by atoms with Gasteiger partial charge in [0, 0.05) is 18.8 Å². The van der Waals surface area contributed by atoms with E-state index in [9.17, 15) is 4.79 Å². The average molecular weight is 261 g/mol. The van der Waals surface area contributed by atoms with Crippen molar-refractivity contribution in [1.82, 2.24) is 15.2 Å². The van der Waals surface area contributed by atoms with Gasteiger partial charge in [0.25, 0.3) is 0 Å². The minimum atomic E-state index is 0.167. The summed E-state index contributed by atoms with van der Waals surface area (Å²) in [4.78, 5) is 18.3. The second kappa shape index (κ2) is 7.24. The number of nitrogens with zero attached hydrogens (tertiary/aromatic N) is 2. The number of rotatable bonds is 6. The highest BCUT2D eigenvalue weighted by Crippen LogP contribution is 2.17. The molecule has 0 radical (unpaired) electrons. The van der Waals surface area contributed by atoms with Gasteiger partial charge in [0.1, 0.15) is 0 Å². The van der Waals surface area contributed by atoms with Crippen molar-refractivity contribution >= 4 is 5.91 Å². The highest BCUT2D eigenvalue weighted by atomic mass is 16.2. The van der Waals surface area contributed by atoms with Crippen molar-refractivity contribution in [3.8, 4) is 0 Å². The van der Waals surface area contributed by atoms with Gasteiger partial charge in [-0.1, -0.05) is 18.9 Å². The molecule has 0 atom stereocenters. The summed E-state index contributed by atoms with van der Waals surface area (Å²) in [5.41, 5.74) is 0.943. The van der Waals surface area contributed by atoms with E-state index in [0.29, 0.717) is 19.1 Å². The van der Waals surface area contributed by atoms with E-state index in [1.165, 1.54) is 25.7 Å². The molecule has 0 bridgehead atoms. The second-order valence-corrected chi connectivity index (χ2v) is 5.09. The molecule has 1 amide bonds. The van der Waals surface area contributed by atoms with Crippen molar-refractivity contribution in [1.29, 1.82) is 0 Å². The number of likely N-dealkylation sites (N-methyl/N-ethyl adjacent to an activating group) is 1. The number of hydrogen-bond acceptors (Lipinski definition) is 3. The van der Waals surface area contributed by atoms with Crippen LogP contribution in [0, 0.1) is 0 Å². The van der Waals surface area contributed by atoms with Gasteiger partial charge in [-0.2, -0.15) is 0 Å². The predicted octanol–water partition coefficient (Wildman–Crippen LogP) is 1.96. The summed E-state index contributed by atoms with van der Waals surface area (Å²) in [6.07, 6.45) is 6.76. The Balaban J connectivity index is 1.81. The van der Waals surface area contributed by atoms with Crippen LogP contribution in [0.3, 0.4) is 0 Å². The van der Waals surface area contributed by atoms with Crippen molar-refractivity contribution < 1.29 is 4.79 Å². The van der Waals surface area contributed by atoms with E-state index in [0.717, 1.165) is 12.2 Å². The van der Waals surface area contributed by atoms with Gasteiger partial charge in [-0.3, -0.25) is 9.78 Å². The highest BCUT2D eigenvalue weighted by molar-refractivity contribution is 5.78.